The van der Waals surface area contributed by atoms with Crippen molar-refractivity contribution >= 4 is 44.8 Å². The number of carbonyl (C=O) groups excluding carboxylic acids is 1. The second-order valence-corrected chi connectivity index (χ2v) is 5.33. The van der Waals surface area contributed by atoms with Gasteiger partial charge in [-0.1, -0.05) is 17.7 Å². The van der Waals surface area contributed by atoms with Crippen LogP contribution in [0.5, 0.6) is 0 Å². The first-order chi connectivity index (χ1) is 9.54. The maximum atomic E-state index is 13.0. The lowest BCUT2D eigenvalue weighted by Gasteiger charge is -2.09. The number of hydrogen-bond acceptors (Lipinski definition) is 2. The lowest BCUT2D eigenvalue weighted by molar-refractivity contribution is -0.114. The molecule has 1 amide bonds. The number of nitrogens with one attached hydrogen (secondary N) is 2. The molecule has 2 rings (SSSR count). The summed E-state index contributed by atoms with van der Waals surface area (Å²) in [6.45, 7) is 0.0510. The maximum absolute atomic E-state index is 13.0. The summed E-state index contributed by atoms with van der Waals surface area (Å²) in [5.41, 5.74) is 1.13. The number of hydrogen-bond donors (Lipinski definition) is 2. The standard InChI is InChI=1S/C14H11BrClFN2O/c15-12-5-4-9(16)6-13(12)18-8-14(20)19-11-3-1-2-10(17)7-11/h1-7,18H,8H2,(H,19,20). The Morgan fingerprint density at radius 1 is 1.25 bits per heavy atom. The zero-order valence-electron chi connectivity index (χ0n) is 10.3. The van der Waals surface area contributed by atoms with Gasteiger partial charge < -0.3 is 10.6 Å². The zero-order chi connectivity index (χ0) is 14.5. The van der Waals surface area contributed by atoms with Crippen molar-refractivity contribution in [2.45, 2.75) is 0 Å². The molecule has 0 aromatic heterocycles. The highest BCUT2D eigenvalue weighted by molar-refractivity contribution is 9.10. The van der Waals surface area contributed by atoms with Gasteiger partial charge in [-0.3, -0.25) is 4.79 Å². The summed E-state index contributed by atoms with van der Waals surface area (Å²) in [5, 5.41) is 6.12. The van der Waals surface area contributed by atoms with Gasteiger partial charge in [-0.25, -0.2) is 4.39 Å². The van der Waals surface area contributed by atoms with Gasteiger partial charge in [-0.15, -0.1) is 0 Å². The molecule has 6 heteroatoms. The van der Waals surface area contributed by atoms with Crippen molar-refractivity contribution in [3.63, 3.8) is 0 Å². The molecule has 0 bridgehead atoms. The van der Waals surface area contributed by atoms with Crippen LogP contribution < -0.4 is 10.6 Å². The highest BCUT2D eigenvalue weighted by Gasteiger charge is 2.05. The molecule has 0 saturated carbocycles. The van der Waals surface area contributed by atoms with Crippen molar-refractivity contribution in [2.75, 3.05) is 17.2 Å². The minimum atomic E-state index is -0.395. The van der Waals surface area contributed by atoms with E-state index in [2.05, 4.69) is 26.6 Å². The molecule has 0 aliphatic heterocycles. The van der Waals surface area contributed by atoms with E-state index in [1.54, 1.807) is 24.3 Å². The fraction of sp³-hybridized carbons (Fsp3) is 0.0714. The molecule has 0 aliphatic carbocycles. The van der Waals surface area contributed by atoms with E-state index in [-0.39, 0.29) is 12.5 Å². The third-order valence-electron chi connectivity index (χ3n) is 2.48. The van der Waals surface area contributed by atoms with Gasteiger partial charge in [0.25, 0.3) is 0 Å². The van der Waals surface area contributed by atoms with Crippen LogP contribution in [0.15, 0.2) is 46.9 Å². The first kappa shape index (κ1) is 14.8. The Morgan fingerprint density at radius 2 is 2.05 bits per heavy atom. The van der Waals surface area contributed by atoms with Crippen LogP contribution in [0.2, 0.25) is 5.02 Å². The molecule has 0 atom stereocenters. The van der Waals surface area contributed by atoms with Crippen LogP contribution in [-0.4, -0.2) is 12.5 Å². The van der Waals surface area contributed by atoms with Crippen molar-refractivity contribution in [1.82, 2.24) is 0 Å². The van der Waals surface area contributed by atoms with Gasteiger partial charge in [0.15, 0.2) is 0 Å². The van der Waals surface area contributed by atoms with E-state index in [9.17, 15) is 9.18 Å². The van der Waals surface area contributed by atoms with Crippen LogP contribution in [0, 0.1) is 5.82 Å². The first-order valence-electron chi connectivity index (χ1n) is 5.79. The molecule has 2 aromatic rings. The van der Waals surface area contributed by atoms with Gasteiger partial charge in [0, 0.05) is 15.2 Å². The van der Waals surface area contributed by atoms with Crippen LogP contribution >= 0.6 is 27.5 Å². The molecule has 20 heavy (non-hydrogen) atoms. The van der Waals surface area contributed by atoms with E-state index in [4.69, 9.17) is 11.6 Å². The Balaban J connectivity index is 1.94. The zero-order valence-corrected chi connectivity index (χ0v) is 12.6. The first-order valence-corrected chi connectivity index (χ1v) is 6.96. The Morgan fingerprint density at radius 3 is 2.80 bits per heavy atom. The lowest BCUT2D eigenvalue weighted by atomic mass is 10.3. The summed E-state index contributed by atoms with van der Waals surface area (Å²) in [4.78, 5) is 11.7. The van der Waals surface area contributed by atoms with E-state index in [0.29, 0.717) is 16.4 Å². The van der Waals surface area contributed by atoms with Gasteiger partial charge in [-0.05, 0) is 52.3 Å². The molecule has 0 heterocycles. The van der Waals surface area contributed by atoms with Crippen molar-refractivity contribution in [1.29, 1.82) is 0 Å². The van der Waals surface area contributed by atoms with Gasteiger partial charge >= 0.3 is 0 Å². The Labute approximate surface area is 129 Å². The van der Waals surface area contributed by atoms with Crippen molar-refractivity contribution < 1.29 is 9.18 Å². The molecular formula is C14H11BrClFN2O. The number of benzene rings is 2. The van der Waals surface area contributed by atoms with E-state index in [0.717, 1.165) is 4.47 Å². The molecule has 0 aliphatic rings. The average Bonchev–Trinajstić information content (AvgIpc) is 2.40. The highest BCUT2D eigenvalue weighted by Crippen LogP contribution is 2.25. The number of anilines is 2. The van der Waals surface area contributed by atoms with Gasteiger partial charge in [0.1, 0.15) is 5.82 Å². The Kier molecular flexibility index (Phi) is 4.98. The molecule has 2 aromatic carbocycles. The normalized spacial score (nSPS) is 10.2. The molecule has 0 radical (unpaired) electrons. The van der Waals surface area contributed by atoms with Crippen molar-refractivity contribution in [2.24, 2.45) is 0 Å². The van der Waals surface area contributed by atoms with Gasteiger partial charge in [-0.2, -0.15) is 0 Å². The van der Waals surface area contributed by atoms with Crippen LogP contribution in [0.1, 0.15) is 0 Å². The van der Waals surface area contributed by atoms with Crippen molar-refractivity contribution in [3.8, 4) is 0 Å². The topological polar surface area (TPSA) is 41.1 Å². The second kappa shape index (κ2) is 6.72. The van der Waals surface area contributed by atoms with Gasteiger partial charge in [0.05, 0.1) is 12.2 Å². The molecule has 0 saturated heterocycles. The van der Waals surface area contributed by atoms with E-state index in [1.165, 1.54) is 18.2 Å². The molecule has 0 fully saturated rings. The Bertz CT molecular complexity index is 636. The average molecular weight is 358 g/mol. The summed E-state index contributed by atoms with van der Waals surface area (Å²) in [7, 11) is 0. The van der Waals surface area contributed by atoms with E-state index in [1.807, 2.05) is 0 Å². The molecular weight excluding hydrogens is 347 g/mol. The molecule has 2 N–H and O–H groups in total. The molecule has 0 unspecified atom stereocenters. The quantitative estimate of drug-likeness (QED) is 0.857. The van der Waals surface area contributed by atoms with Crippen LogP contribution in [-0.2, 0) is 4.79 Å². The molecule has 3 nitrogen and oxygen atoms in total. The van der Waals surface area contributed by atoms with Crippen LogP contribution in [0.4, 0.5) is 15.8 Å². The fourth-order valence-electron chi connectivity index (χ4n) is 1.58. The third kappa shape index (κ3) is 4.21. The molecule has 0 spiro atoms. The van der Waals surface area contributed by atoms with E-state index >= 15 is 0 Å². The van der Waals surface area contributed by atoms with E-state index < -0.39 is 5.82 Å². The fourth-order valence-corrected chi connectivity index (χ4v) is 2.14. The summed E-state index contributed by atoms with van der Waals surface area (Å²) in [5.74, 6) is -0.671. The highest BCUT2D eigenvalue weighted by atomic mass is 79.9. The number of halogens is 3. The monoisotopic (exact) mass is 356 g/mol. The lowest BCUT2D eigenvalue weighted by Crippen LogP contribution is -2.21. The summed E-state index contributed by atoms with van der Waals surface area (Å²) in [6, 6.07) is 11.0. The maximum Gasteiger partial charge on any atom is 0.243 e. The number of amides is 1. The van der Waals surface area contributed by atoms with Crippen LogP contribution in [0.3, 0.4) is 0 Å². The SMILES string of the molecule is O=C(CNc1cc(Cl)ccc1Br)Nc1cccc(F)c1. The second-order valence-electron chi connectivity index (χ2n) is 4.04. The largest absolute Gasteiger partial charge is 0.375 e. The predicted molar refractivity (Wildman–Crippen MR) is 82.7 cm³/mol. The third-order valence-corrected chi connectivity index (χ3v) is 3.40. The minimum absolute atomic E-state index is 0.0510. The van der Waals surface area contributed by atoms with Crippen LogP contribution in [0.25, 0.3) is 0 Å². The Hall–Kier alpha value is -1.59. The minimum Gasteiger partial charge on any atom is -0.375 e. The summed E-state index contributed by atoms with van der Waals surface area (Å²) < 4.78 is 13.8. The predicted octanol–water partition coefficient (Wildman–Crippen LogP) is 4.29. The smallest absolute Gasteiger partial charge is 0.243 e. The van der Waals surface area contributed by atoms with Crippen molar-refractivity contribution in [3.05, 3.63) is 57.8 Å². The number of rotatable bonds is 4. The summed E-state index contributed by atoms with van der Waals surface area (Å²) in [6.07, 6.45) is 0. The number of carbonyl (C=O) groups is 1. The summed E-state index contributed by atoms with van der Waals surface area (Å²) >= 11 is 9.23. The molecule has 104 valence electrons. The van der Waals surface area contributed by atoms with Gasteiger partial charge in [0.2, 0.25) is 5.91 Å².